The van der Waals surface area contributed by atoms with Gasteiger partial charge in [-0.1, -0.05) is 11.6 Å². The quantitative estimate of drug-likeness (QED) is 0.730. The number of carboxylic acid groups (broad SMARTS) is 1. The third kappa shape index (κ3) is 2.95. The molecule has 0 spiro atoms. The fourth-order valence-corrected chi connectivity index (χ4v) is 2.19. The number of halogens is 1. The molecule has 5 N–H and O–H groups in total. The monoisotopic (exact) mass is 234 g/mol. The van der Waals surface area contributed by atoms with E-state index in [4.69, 9.17) is 28.2 Å². The third-order valence-corrected chi connectivity index (χ3v) is 3.13. The maximum atomic E-state index is 10.4. The van der Waals surface area contributed by atoms with Gasteiger partial charge in [-0.2, -0.15) is 0 Å². The predicted molar refractivity (Wildman–Crippen MR) is 56.5 cm³/mol. The molecule has 1 aromatic rings. The van der Waals surface area contributed by atoms with Crippen LogP contribution >= 0.6 is 22.9 Å². The zero-order valence-electron chi connectivity index (χ0n) is 7.31. The average Bonchev–Trinajstić information content (AvgIpc) is 2.49. The van der Waals surface area contributed by atoms with Gasteiger partial charge in [-0.05, 0) is 12.1 Å². The van der Waals surface area contributed by atoms with Crippen molar-refractivity contribution in [2.45, 2.75) is 18.5 Å². The molecule has 2 unspecified atom stereocenters. The molecule has 1 aromatic heterocycles. The fourth-order valence-electron chi connectivity index (χ4n) is 1.05. The molecule has 0 aliphatic carbocycles. The largest absolute Gasteiger partial charge is 0.481 e. The Kier molecular flexibility index (Phi) is 3.88. The normalized spacial score (nSPS) is 15.1. The SMILES string of the molecule is NC(CC(=O)O)C(N)c1ccc(Cl)s1. The minimum absolute atomic E-state index is 0.142. The van der Waals surface area contributed by atoms with Gasteiger partial charge < -0.3 is 16.6 Å². The van der Waals surface area contributed by atoms with E-state index in [0.29, 0.717) is 4.34 Å². The van der Waals surface area contributed by atoms with E-state index in [0.717, 1.165) is 4.88 Å². The van der Waals surface area contributed by atoms with Gasteiger partial charge in [0.05, 0.1) is 16.8 Å². The van der Waals surface area contributed by atoms with Crippen LogP contribution in [0.15, 0.2) is 12.1 Å². The zero-order chi connectivity index (χ0) is 10.7. The molecule has 4 nitrogen and oxygen atoms in total. The number of carboxylic acids is 1. The lowest BCUT2D eigenvalue weighted by molar-refractivity contribution is -0.137. The standard InChI is InChI=1S/C8H11ClN2O2S/c9-6-2-1-5(14-6)8(11)4(10)3-7(12)13/h1-2,4,8H,3,10-11H2,(H,12,13). The molecule has 1 rings (SSSR count). The molecule has 14 heavy (non-hydrogen) atoms. The second-order valence-corrected chi connectivity index (χ2v) is 4.68. The van der Waals surface area contributed by atoms with E-state index in [1.54, 1.807) is 12.1 Å². The van der Waals surface area contributed by atoms with Gasteiger partial charge in [0, 0.05) is 10.9 Å². The molecule has 1 heterocycles. The van der Waals surface area contributed by atoms with Gasteiger partial charge in [0.25, 0.3) is 0 Å². The van der Waals surface area contributed by atoms with Crippen LogP contribution < -0.4 is 11.5 Å². The first kappa shape index (κ1) is 11.5. The van der Waals surface area contributed by atoms with Crippen LogP contribution in [0.4, 0.5) is 0 Å². The Morgan fingerprint density at radius 2 is 2.21 bits per heavy atom. The van der Waals surface area contributed by atoms with Crippen LogP contribution in [0, 0.1) is 0 Å². The molecule has 2 atom stereocenters. The predicted octanol–water partition coefficient (Wildman–Crippen LogP) is 1.20. The molecule has 0 bridgehead atoms. The number of thiophene rings is 1. The number of nitrogens with two attached hydrogens (primary N) is 2. The summed E-state index contributed by atoms with van der Waals surface area (Å²) in [5.41, 5.74) is 11.4. The summed E-state index contributed by atoms with van der Waals surface area (Å²) >= 11 is 7.04. The van der Waals surface area contributed by atoms with E-state index < -0.39 is 18.1 Å². The minimum Gasteiger partial charge on any atom is -0.481 e. The molecule has 0 saturated carbocycles. The Hall–Kier alpha value is -0.620. The zero-order valence-corrected chi connectivity index (χ0v) is 8.89. The Balaban J connectivity index is 2.65. The lowest BCUT2D eigenvalue weighted by atomic mass is 10.1. The summed E-state index contributed by atoms with van der Waals surface area (Å²) in [5, 5.41) is 8.53. The Morgan fingerprint density at radius 3 is 2.64 bits per heavy atom. The van der Waals surface area contributed by atoms with Crippen molar-refractivity contribution in [2.75, 3.05) is 0 Å². The van der Waals surface area contributed by atoms with E-state index in [9.17, 15) is 4.79 Å². The van der Waals surface area contributed by atoms with Gasteiger partial charge in [-0.25, -0.2) is 0 Å². The molecule has 0 amide bonds. The highest BCUT2D eigenvalue weighted by molar-refractivity contribution is 7.16. The third-order valence-electron chi connectivity index (χ3n) is 1.79. The van der Waals surface area contributed by atoms with Crippen LogP contribution in [-0.2, 0) is 4.79 Å². The summed E-state index contributed by atoms with van der Waals surface area (Å²) in [4.78, 5) is 11.2. The van der Waals surface area contributed by atoms with Crippen LogP contribution in [0.25, 0.3) is 0 Å². The summed E-state index contributed by atoms with van der Waals surface area (Å²) < 4.78 is 0.623. The van der Waals surface area contributed by atoms with Gasteiger partial charge >= 0.3 is 5.97 Å². The molecule has 78 valence electrons. The Morgan fingerprint density at radius 1 is 1.57 bits per heavy atom. The van der Waals surface area contributed by atoms with Crippen molar-refractivity contribution in [2.24, 2.45) is 11.5 Å². The van der Waals surface area contributed by atoms with E-state index in [1.165, 1.54) is 11.3 Å². The lowest BCUT2D eigenvalue weighted by Crippen LogP contribution is -2.35. The van der Waals surface area contributed by atoms with Gasteiger partial charge in [0.1, 0.15) is 0 Å². The van der Waals surface area contributed by atoms with Crippen molar-refractivity contribution in [3.05, 3.63) is 21.3 Å². The van der Waals surface area contributed by atoms with Crippen molar-refractivity contribution in [1.29, 1.82) is 0 Å². The van der Waals surface area contributed by atoms with E-state index in [2.05, 4.69) is 0 Å². The van der Waals surface area contributed by atoms with Gasteiger partial charge in [-0.15, -0.1) is 11.3 Å². The maximum Gasteiger partial charge on any atom is 0.304 e. The molecule has 6 heteroatoms. The second kappa shape index (κ2) is 4.75. The smallest absolute Gasteiger partial charge is 0.304 e. The molecule has 0 aromatic carbocycles. The highest BCUT2D eigenvalue weighted by Crippen LogP contribution is 2.27. The maximum absolute atomic E-state index is 10.4. The summed E-state index contributed by atoms with van der Waals surface area (Å²) in [6, 6.07) is 2.43. The summed E-state index contributed by atoms with van der Waals surface area (Å²) in [6.45, 7) is 0. The van der Waals surface area contributed by atoms with Gasteiger partial charge in [0.15, 0.2) is 0 Å². The average molecular weight is 235 g/mol. The first-order chi connectivity index (χ1) is 6.50. The highest BCUT2D eigenvalue weighted by atomic mass is 35.5. The van der Waals surface area contributed by atoms with E-state index >= 15 is 0 Å². The summed E-state index contributed by atoms with van der Waals surface area (Å²) in [6.07, 6.45) is -0.142. The second-order valence-electron chi connectivity index (χ2n) is 2.93. The number of aliphatic carboxylic acids is 1. The van der Waals surface area contributed by atoms with Crippen LogP contribution in [0.3, 0.4) is 0 Å². The minimum atomic E-state index is -0.949. The fraction of sp³-hybridized carbons (Fsp3) is 0.375. The van der Waals surface area contributed by atoms with Crippen molar-refractivity contribution < 1.29 is 9.90 Å². The summed E-state index contributed by atoms with van der Waals surface area (Å²) in [5.74, 6) is -0.949. The Bertz CT molecular complexity index is 329. The first-order valence-corrected chi connectivity index (χ1v) is 5.18. The van der Waals surface area contributed by atoms with Crippen molar-refractivity contribution in [3.63, 3.8) is 0 Å². The number of carbonyl (C=O) groups is 1. The van der Waals surface area contributed by atoms with Crippen LogP contribution in [-0.4, -0.2) is 17.1 Å². The molecule has 0 aliphatic rings. The first-order valence-electron chi connectivity index (χ1n) is 3.99. The van der Waals surface area contributed by atoms with Crippen LogP contribution in [0.5, 0.6) is 0 Å². The Labute approximate surface area is 90.5 Å². The van der Waals surface area contributed by atoms with E-state index in [1.807, 2.05) is 0 Å². The van der Waals surface area contributed by atoms with Crippen LogP contribution in [0.2, 0.25) is 4.34 Å². The topological polar surface area (TPSA) is 89.3 Å². The molecule has 0 radical (unpaired) electrons. The summed E-state index contributed by atoms with van der Waals surface area (Å²) in [7, 11) is 0. The highest BCUT2D eigenvalue weighted by Gasteiger charge is 2.19. The van der Waals surface area contributed by atoms with Gasteiger partial charge in [-0.3, -0.25) is 4.79 Å². The van der Waals surface area contributed by atoms with E-state index in [-0.39, 0.29) is 6.42 Å². The number of hydrogen-bond acceptors (Lipinski definition) is 4. The van der Waals surface area contributed by atoms with Gasteiger partial charge in [0.2, 0.25) is 0 Å². The van der Waals surface area contributed by atoms with Crippen molar-refractivity contribution >= 4 is 28.9 Å². The molecular weight excluding hydrogens is 224 g/mol. The molecule has 0 fully saturated rings. The molecule has 0 aliphatic heterocycles. The lowest BCUT2D eigenvalue weighted by Gasteiger charge is -2.16. The number of hydrogen-bond donors (Lipinski definition) is 3. The van der Waals surface area contributed by atoms with Crippen molar-refractivity contribution in [3.8, 4) is 0 Å². The van der Waals surface area contributed by atoms with Crippen LogP contribution in [0.1, 0.15) is 17.3 Å². The molecular formula is C8H11ClN2O2S. The number of rotatable bonds is 4. The molecule has 0 saturated heterocycles. The van der Waals surface area contributed by atoms with Crippen molar-refractivity contribution in [1.82, 2.24) is 0 Å².